The number of carbonyl (C=O) groups excluding carboxylic acids is 2. The third-order valence-corrected chi connectivity index (χ3v) is 9.04. The number of benzene rings is 3. The van der Waals surface area contributed by atoms with Crippen LogP contribution in [0.1, 0.15) is 40.7 Å². The first kappa shape index (κ1) is 29.5. The van der Waals surface area contributed by atoms with Gasteiger partial charge in [0.2, 0.25) is 0 Å². The number of nitrogens with zero attached hydrogens (tertiary/aromatic N) is 1. The van der Waals surface area contributed by atoms with E-state index in [0.29, 0.717) is 58.6 Å². The first-order valence-corrected chi connectivity index (χ1v) is 15.0. The van der Waals surface area contributed by atoms with Crippen molar-refractivity contribution in [1.29, 1.82) is 0 Å². The fourth-order valence-electron chi connectivity index (χ4n) is 5.58. The first-order valence-electron chi connectivity index (χ1n) is 13.5. The summed E-state index contributed by atoms with van der Waals surface area (Å²) in [5, 5.41) is 3.88. The zero-order valence-electron chi connectivity index (χ0n) is 22.8. The predicted molar refractivity (Wildman–Crippen MR) is 163 cm³/mol. The highest BCUT2D eigenvalue weighted by Gasteiger charge is 2.35. The average Bonchev–Trinajstić information content (AvgIpc) is 3.27. The molecule has 41 heavy (non-hydrogen) atoms. The van der Waals surface area contributed by atoms with Gasteiger partial charge in [0.05, 0.1) is 24.3 Å². The molecule has 1 fully saturated rings. The molecule has 0 aromatic heterocycles. The van der Waals surface area contributed by atoms with Gasteiger partial charge in [-0.3, -0.25) is 4.79 Å². The fourth-order valence-corrected chi connectivity index (χ4v) is 6.21. The van der Waals surface area contributed by atoms with E-state index in [0.717, 1.165) is 46.8 Å². The third kappa shape index (κ3) is 6.76. The molecule has 0 radical (unpaired) electrons. The lowest BCUT2D eigenvalue weighted by Gasteiger charge is -2.33. The van der Waals surface area contributed by atoms with Gasteiger partial charge in [-0.05, 0) is 73.6 Å². The molecule has 1 aliphatic heterocycles. The Hall–Kier alpha value is -2.94. The number of ether oxygens (including phenoxy) is 3. The number of piperidine rings is 1. The summed E-state index contributed by atoms with van der Waals surface area (Å²) in [6.45, 7) is 1.61. The SMILES string of the molecule is COc1cc2c(cc1OC)C(=O)C(CC1CCN(C(=O)NCc3ccc(Br)cc3Oc3ccc(Cl)c(Cl)c3)CC1)C2. The quantitative estimate of drug-likeness (QED) is 0.265. The van der Waals surface area contributed by atoms with Gasteiger partial charge in [0.15, 0.2) is 17.3 Å². The highest BCUT2D eigenvalue weighted by Crippen LogP contribution is 2.39. The van der Waals surface area contributed by atoms with Gasteiger partial charge in [-0.15, -0.1) is 0 Å². The molecule has 0 spiro atoms. The second-order valence-corrected chi connectivity index (χ2v) is 12.1. The van der Waals surface area contributed by atoms with Crippen molar-refractivity contribution in [2.24, 2.45) is 11.8 Å². The van der Waals surface area contributed by atoms with E-state index in [9.17, 15) is 9.59 Å². The van der Waals surface area contributed by atoms with Gasteiger partial charge in [0, 0.05) is 47.2 Å². The van der Waals surface area contributed by atoms with Crippen LogP contribution in [0.2, 0.25) is 10.0 Å². The Morgan fingerprint density at radius 2 is 1.71 bits per heavy atom. The van der Waals surface area contributed by atoms with Crippen LogP contribution in [-0.4, -0.2) is 44.0 Å². The van der Waals surface area contributed by atoms with E-state index in [1.54, 1.807) is 38.5 Å². The van der Waals surface area contributed by atoms with Gasteiger partial charge in [0.1, 0.15) is 11.5 Å². The number of Topliss-reactive ketones (excluding diaryl/α,β-unsaturated/α-hetero) is 1. The topological polar surface area (TPSA) is 77.1 Å². The fraction of sp³-hybridized carbons (Fsp3) is 0.355. The molecule has 1 atom stereocenters. The lowest BCUT2D eigenvalue weighted by atomic mass is 9.85. The Balaban J connectivity index is 1.13. The molecule has 2 aliphatic rings. The Morgan fingerprint density at radius 1 is 0.976 bits per heavy atom. The van der Waals surface area contributed by atoms with Crippen LogP contribution in [0.15, 0.2) is 53.0 Å². The van der Waals surface area contributed by atoms with Crippen LogP contribution in [0.25, 0.3) is 0 Å². The summed E-state index contributed by atoms with van der Waals surface area (Å²) in [6, 6.07) is 14.4. The van der Waals surface area contributed by atoms with Crippen LogP contribution >= 0.6 is 39.1 Å². The molecule has 5 rings (SSSR count). The highest BCUT2D eigenvalue weighted by atomic mass is 79.9. The standard InChI is InChI=1S/C31H31BrCl2N2O5/c1-39-28-13-20-12-21(30(37)24(20)16-29(28)40-2)11-18-7-9-36(10-8-18)31(38)35-17-19-3-4-22(32)14-27(19)41-23-5-6-25(33)26(34)15-23/h3-6,13-16,18,21H,7-12,17H2,1-2H3,(H,35,38). The number of hydrogen-bond donors (Lipinski definition) is 1. The Kier molecular flexibility index (Phi) is 9.32. The maximum absolute atomic E-state index is 13.1. The van der Waals surface area contributed by atoms with E-state index in [1.165, 1.54) is 0 Å². The molecular weight excluding hydrogens is 631 g/mol. The minimum absolute atomic E-state index is 0.0430. The molecule has 10 heteroatoms. The van der Waals surface area contributed by atoms with E-state index >= 15 is 0 Å². The summed E-state index contributed by atoms with van der Waals surface area (Å²) in [6.07, 6.45) is 3.27. The Bertz CT molecular complexity index is 1460. The molecule has 1 aliphatic carbocycles. The molecule has 0 saturated carbocycles. The number of amides is 2. The number of ketones is 1. The molecular formula is C31H31BrCl2N2O5. The maximum atomic E-state index is 13.1. The molecule has 1 N–H and O–H groups in total. The van der Waals surface area contributed by atoms with Gasteiger partial charge >= 0.3 is 6.03 Å². The van der Waals surface area contributed by atoms with Crippen molar-refractivity contribution in [2.75, 3.05) is 27.3 Å². The van der Waals surface area contributed by atoms with Gasteiger partial charge < -0.3 is 24.4 Å². The van der Waals surface area contributed by atoms with Crippen molar-refractivity contribution in [2.45, 2.75) is 32.2 Å². The number of halogens is 3. The van der Waals surface area contributed by atoms with Crippen LogP contribution in [0.3, 0.4) is 0 Å². The number of fused-ring (bicyclic) bond motifs is 1. The van der Waals surface area contributed by atoms with Crippen LogP contribution in [-0.2, 0) is 13.0 Å². The van der Waals surface area contributed by atoms with Crippen molar-refractivity contribution < 1.29 is 23.8 Å². The molecule has 1 heterocycles. The number of nitrogens with one attached hydrogen (secondary N) is 1. The summed E-state index contributed by atoms with van der Waals surface area (Å²) in [5.41, 5.74) is 2.58. The molecule has 3 aromatic rings. The normalized spacial score (nSPS) is 16.9. The zero-order valence-corrected chi connectivity index (χ0v) is 25.9. The predicted octanol–water partition coefficient (Wildman–Crippen LogP) is 7.93. The van der Waals surface area contributed by atoms with Crippen LogP contribution in [0.5, 0.6) is 23.0 Å². The van der Waals surface area contributed by atoms with Gasteiger partial charge in [-0.2, -0.15) is 0 Å². The number of methoxy groups -OCH3 is 2. The zero-order chi connectivity index (χ0) is 29.1. The largest absolute Gasteiger partial charge is 0.493 e. The van der Waals surface area contributed by atoms with Crippen molar-refractivity contribution in [3.05, 3.63) is 79.7 Å². The molecule has 0 bridgehead atoms. The molecule has 1 unspecified atom stereocenters. The van der Waals surface area contributed by atoms with Crippen LogP contribution < -0.4 is 19.5 Å². The van der Waals surface area contributed by atoms with Crippen molar-refractivity contribution in [3.63, 3.8) is 0 Å². The van der Waals surface area contributed by atoms with E-state index in [2.05, 4.69) is 21.2 Å². The van der Waals surface area contributed by atoms with Crippen molar-refractivity contribution in [3.8, 4) is 23.0 Å². The summed E-state index contributed by atoms with van der Waals surface area (Å²) in [4.78, 5) is 28.0. The number of carbonyl (C=O) groups is 2. The number of likely N-dealkylation sites (tertiary alicyclic amines) is 1. The molecule has 7 nitrogen and oxygen atoms in total. The summed E-state index contributed by atoms with van der Waals surface area (Å²) >= 11 is 15.6. The Morgan fingerprint density at radius 3 is 2.41 bits per heavy atom. The van der Waals surface area contributed by atoms with E-state index in [1.807, 2.05) is 29.2 Å². The highest BCUT2D eigenvalue weighted by molar-refractivity contribution is 9.10. The number of hydrogen-bond acceptors (Lipinski definition) is 5. The molecule has 2 amide bonds. The average molecular weight is 662 g/mol. The summed E-state index contributed by atoms with van der Waals surface area (Å²) in [5.74, 6) is 2.91. The monoisotopic (exact) mass is 660 g/mol. The van der Waals surface area contributed by atoms with E-state index in [4.69, 9.17) is 37.4 Å². The smallest absolute Gasteiger partial charge is 0.317 e. The van der Waals surface area contributed by atoms with Gasteiger partial charge in [0.25, 0.3) is 0 Å². The lowest BCUT2D eigenvalue weighted by molar-refractivity contribution is 0.0901. The van der Waals surface area contributed by atoms with Crippen LogP contribution in [0, 0.1) is 11.8 Å². The second-order valence-electron chi connectivity index (χ2n) is 10.4. The first-order chi connectivity index (χ1) is 19.7. The second kappa shape index (κ2) is 12.9. The van der Waals surface area contributed by atoms with Crippen molar-refractivity contribution >= 4 is 50.9 Å². The number of rotatable bonds is 8. The van der Waals surface area contributed by atoms with Gasteiger partial charge in [-0.1, -0.05) is 45.2 Å². The lowest BCUT2D eigenvalue weighted by Crippen LogP contribution is -2.44. The summed E-state index contributed by atoms with van der Waals surface area (Å²) < 4.78 is 17.7. The van der Waals surface area contributed by atoms with Crippen molar-refractivity contribution in [1.82, 2.24) is 10.2 Å². The minimum Gasteiger partial charge on any atom is -0.493 e. The van der Waals surface area contributed by atoms with Gasteiger partial charge in [-0.25, -0.2) is 4.79 Å². The maximum Gasteiger partial charge on any atom is 0.317 e. The molecule has 3 aromatic carbocycles. The third-order valence-electron chi connectivity index (χ3n) is 7.81. The minimum atomic E-state index is -0.115. The van der Waals surface area contributed by atoms with Crippen LogP contribution in [0.4, 0.5) is 4.79 Å². The summed E-state index contributed by atoms with van der Waals surface area (Å²) in [7, 11) is 3.18. The van der Waals surface area contributed by atoms with E-state index < -0.39 is 0 Å². The Labute approximate surface area is 258 Å². The van der Waals surface area contributed by atoms with E-state index in [-0.39, 0.29) is 17.7 Å². The molecule has 1 saturated heterocycles. The molecule has 216 valence electrons. The number of urea groups is 1.